The van der Waals surface area contributed by atoms with Crippen molar-refractivity contribution in [2.24, 2.45) is 0 Å². The van der Waals surface area contributed by atoms with Gasteiger partial charge in [0, 0.05) is 12.2 Å². The molecule has 2 heterocycles. The summed E-state index contributed by atoms with van der Waals surface area (Å²) in [6.07, 6.45) is 0.803. The summed E-state index contributed by atoms with van der Waals surface area (Å²) in [5, 5.41) is 11.0. The number of nitrogens with zero attached hydrogens (tertiary/aromatic N) is 1. The second kappa shape index (κ2) is 3.87. The van der Waals surface area contributed by atoms with E-state index in [1.807, 2.05) is 24.3 Å². The van der Waals surface area contributed by atoms with E-state index in [2.05, 4.69) is 0 Å². The molecule has 0 N–H and O–H groups in total. The van der Waals surface area contributed by atoms with Crippen LogP contribution in [0.5, 0.6) is 0 Å². The van der Waals surface area contributed by atoms with Crippen molar-refractivity contribution >= 4 is 17.4 Å². The Hall–Kier alpha value is -2.30. The molecule has 1 aromatic rings. The lowest BCUT2D eigenvalue weighted by molar-refractivity contribution is -0.298. The fourth-order valence-corrected chi connectivity index (χ4v) is 2.36. The maximum absolute atomic E-state index is 11.5. The fourth-order valence-electron chi connectivity index (χ4n) is 2.36. The number of hydrogen-bond donors (Lipinski definition) is 0. The minimum atomic E-state index is -1.48. The van der Waals surface area contributed by atoms with Crippen LogP contribution in [0.3, 0.4) is 0 Å². The Balaban J connectivity index is 2.07. The van der Waals surface area contributed by atoms with Crippen molar-refractivity contribution in [3.63, 3.8) is 0 Å². The van der Waals surface area contributed by atoms with E-state index in [9.17, 15) is 14.7 Å². The summed E-state index contributed by atoms with van der Waals surface area (Å²) in [5.74, 6) is -1.89. The lowest BCUT2D eigenvalue weighted by Crippen LogP contribution is -2.31. The van der Waals surface area contributed by atoms with Crippen LogP contribution < -0.4 is 10.0 Å². The molecule has 0 fully saturated rings. The zero-order valence-electron chi connectivity index (χ0n) is 9.51. The maximum Gasteiger partial charge on any atom is 0.207 e. The highest BCUT2D eigenvalue weighted by Gasteiger charge is 2.33. The van der Waals surface area contributed by atoms with Gasteiger partial charge in [-0.15, -0.1) is 0 Å². The van der Waals surface area contributed by atoms with Gasteiger partial charge >= 0.3 is 0 Å². The SMILES string of the molecule is O=C([O-])C1=C(N2CCc3ccccc32)OCC1=O. The summed E-state index contributed by atoms with van der Waals surface area (Å²) in [5.41, 5.74) is 1.65. The number of carbonyl (C=O) groups is 2. The van der Waals surface area contributed by atoms with Gasteiger partial charge < -0.3 is 19.5 Å². The molecule has 2 aliphatic heterocycles. The third-order valence-corrected chi connectivity index (χ3v) is 3.17. The Labute approximate surface area is 103 Å². The number of anilines is 1. The zero-order chi connectivity index (χ0) is 12.7. The van der Waals surface area contributed by atoms with Crippen LogP contribution in [0.2, 0.25) is 0 Å². The number of carboxylic acids is 1. The van der Waals surface area contributed by atoms with E-state index < -0.39 is 11.8 Å². The topological polar surface area (TPSA) is 69.7 Å². The Morgan fingerprint density at radius 3 is 2.89 bits per heavy atom. The van der Waals surface area contributed by atoms with Crippen molar-refractivity contribution in [3.05, 3.63) is 41.3 Å². The Bertz CT molecular complexity index is 576. The molecule has 0 amide bonds. The smallest absolute Gasteiger partial charge is 0.207 e. The molecule has 0 bridgehead atoms. The van der Waals surface area contributed by atoms with Crippen LogP contribution in [0.15, 0.2) is 35.7 Å². The van der Waals surface area contributed by atoms with E-state index in [1.165, 1.54) is 0 Å². The molecule has 3 rings (SSSR count). The summed E-state index contributed by atoms with van der Waals surface area (Å²) >= 11 is 0. The number of aliphatic carboxylic acids is 1. The molecule has 0 unspecified atom stereocenters. The minimum absolute atomic E-state index is 0.116. The van der Waals surface area contributed by atoms with Crippen LogP contribution in [0.1, 0.15) is 5.56 Å². The van der Waals surface area contributed by atoms with E-state index in [4.69, 9.17) is 4.74 Å². The van der Waals surface area contributed by atoms with Gasteiger partial charge in [-0.1, -0.05) is 18.2 Å². The second-order valence-electron chi connectivity index (χ2n) is 4.21. The Morgan fingerprint density at radius 1 is 1.33 bits per heavy atom. The van der Waals surface area contributed by atoms with Crippen LogP contribution in [0.25, 0.3) is 0 Å². The number of carbonyl (C=O) groups excluding carboxylic acids is 2. The van der Waals surface area contributed by atoms with E-state index in [-0.39, 0.29) is 18.1 Å². The van der Waals surface area contributed by atoms with Crippen molar-refractivity contribution in [2.45, 2.75) is 6.42 Å². The predicted octanol–water partition coefficient (Wildman–Crippen LogP) is -0.390. The zero-order valence-corrected chi connectivity index (χ0v) is 9.51. The third kappa shape index (κ3) is 1.48. The first-order valence-corrected chi connectivity index (χ1v) is 5.65. The first-order valence-electron chi connectivity index (χ1n) is 5.65. The van der Waals surface area contributed by atoms with Gasteiger partial charge in [-0.3, -0.25) is 4.79 Å². The van der Waals surface area contributed by atoms with Crippen LogP contribution in [-0.2, 0) is 20.7 Å². The Morgan fingerprint density at radius 2 is 2.11 bits per heavy atom. The Kier molecular flexibility index (Phi) is 2.33. The third-order valence-electron chi connectivity index (χ3n) is 3.17. The van der Waals surface area contributed by atoms with Crippen molar-refractivity contribution in [2.75, 3.05) is 18.1 Å². The average Bonchev–Trinajstić information content (AvgIpc) is 2.92. The molecule has 0 spiro atoms. The summed E-state index contributed by atoms with van der Waals surface area (Å²) in [7, 11) is 0. The van der Waals surface area contributed by atoms with Crippen LogP contribution >= 0.6 is 0 Å². The minimum Gasteiger partial charge on any atom is -0.544 e. The molecule has 5 nitrogen and oxygen atoms in total. The van der Waals surface area contributed by atoms with Gasteiger partial charge in [-0.25, -0.2) is 0 Å². The van der Waals surface area contributed by atoms with Gasteiger partial charge in [-0.2, -0.15) is 0 Å². The fraction of sp³-hybridized carbons (Fsp3) is 0.231. The predicted molar refractivity (Wildman–Crippen MR) is 60.5 cm³/mol. The number of rotatable bonds is 2. The van der Waals surface area contributed by atoms with E-state index in [1.54, 1.807) is 4.90 Å². The summed E-state index contributed by atoms with van der Waals surface area (Å²) in [6, 6.07) is 7.66. The molecule has 0 atom stereocenters. The number of para-hydroxylation sites is 1. The molecule has 18 heavy (non-hydrogen) atoms. The van der Waals surface area contributed by atoms with Crippen molar-refractivity contribution < 1.29 is 19.4 Å². The summed E-state index contributed by atoms with van der Waals surface area (Å²) in [6.45, 7) is 0.385. The summed E-state index contributed by atoms with van der Waals surface area (Å²) < 4.78 is 5.22. The molecular weight excluding hydrogens is 234 g/mol. The van der Waals surface area contributed by atoms with Gasteiger partial charge in [0.15, 0.2) is 6.61 Å². The highest BCUT2D eigenvalue weighted by Crippen LogP contribution is 2.33. The number of benzene rings is 1. The van der Waals surface area contributed by atoms with Crippen LogP contribution in [0, 0.1) is 0 Å². The lowest BCUT2D eigenvalue weighted by atomic mass is 10.2. The van der Waals surface area contributed by atoms with Crippen molar-refractivity contribution in [3.8, 4) is 0 Å². The molecule has 0 aromatic heterocycles. The molecular formula is C13H10NO4-. The van der Waals surface area contributed by atoms with Gasteiger partial charge in [0.25, 0.3) is 0 Å². The van der Waals surface area contributed by atoms with E-state index in [0.717, 1.165) is 17.7 Å². The molecule has 0 aliphatic carbocycles. The number of ketones is 1. The summed E-state index contributed by atoms with van der Waals surface area (Å²) in [4.78, 5) is 24.2. The van der Waals surface area contributed by atoms with Crippen LogP contribution in [0.4, 0.5) is 5.69 Å². The number of hydrogen-bond acceptors (Lipinski definition) is 5. The van der Waals surface area contributed by atoms with Gasteiger partial charge in [0.2, 0.25) is 11.7 Å². The number of ether oxygens (including phenoxy) is 1. The molecule has 2 aliphatic rings. The lowest BCUT2D eigenvalue weighted by Gasteiger charge is -2.20. The molecule has 5 heteroatoms. The van der Waals surface area contributed by atoms with Gasteiger partial charge in [0.1, 0.15) is 5.57 Å². The van der Waals surface area contributed by atoms with Crippen molar-refractivity contribution in [1.82, 2.24) is 0 Å². The highest BCUT2D eigenvalue weighted by atomic mass is 16.5. The maximum atomic E-state index is 11.5. The molecule has 0 saturated carbocycles. The first kappa shape index (κ1) is 10.8. The highest BCUT2D eigenvalue weighted by molar-refractivity contribution is 6.18. The molecule has 92 valence electrons. The molecule has 1 aromatic carbocycles. The monoisotopic (exact) mass is 244 g/mol. The molecule has 0 saturated heterocycles. The van der Waals surface area contributed by atoms with Gasteiger partial charge in [-0.05, 0) is 18.1 Å². The normalized spacial score (nSPS) is 18.0. The number of Topliss-reactive ketones (excluding diaryl/α,β-unsaturated/α-hetero) is 1. The van der Waals surface area contributed by atoms with E-state index >= 15 is 0 Å². The first-order chi connectivity index (χ1) is 8.68. The number of carboxylic acid groups (broad SMARTS) is 1. The van der Waals surface area contributed by atoms with E-state index in [0.29, 0.717) is 6.54 Å². The van der Waals surface area contributed by atoms with Gasteiger partial charge in [0.05, 0.1) is 5.97 Å². The largest absolute Gasteiger partial charge is 0.544 e. The quantitative estimate of drug-likeness (QED) is 0.663. The van der Waals surface area contributed by atoms with Crippen molar-refractivity contribution in [1.29, 1.82) is 0 Å². The second-order valence-corrected chi connectivity index (χ2v) is 4.21. The molecule has 0 radical (unpaired) electrons. The number of fused-ring (bicyclic) bond motifs is 1. The van der Waals surface area contributed by atoms with Crippen LogP contribution in [-0.4, -0.2) is 24.9 Å². The average molecular weight is 244 g/mol. The standard InChI is InChI=1S/C13H11NO4/c15-10-7-18-12(11(10)13(16)17)14-6-5-8-3-1-2-4-9(8)14/h1-4H,5-7H2,(H,16,17)/p-1.